The quantitative estimate of drug-likeness (QED) is 0.766. The summed E-state index contributed by atoms with van der Waals surface area (Å²) in [5.74, 6) is -0.945. The lowest BCUT2D eigenvalue weighted by atomic mass is 9.92. The average Bonchev–Trinajstić information content (AvgIpc) is 2.73. The SMILES string of the molecule is O=C(c1c(F)cccc1Cl)N1CCC(C(=O)N2CCc3ccccc3C2)CC1. The molecule has 4 rings (SSSR count). The number of halogens is 2. The Labute approximate surface area is 168 Å². The highest BCUT2D eigenvalue weighted by Crippen LogP contribution is 2.27. The number of fused-ring (bicyclic) bond motifs is 1. The predicted molar refractivity (Wildman–Crippen MR) is 106 cm³/mol. The van der Waals surface area contributed by atoms with Gasteiger partial charge in [0.15, 0.2) is 0 Å². The summed E-state index contributed by atoms with van der Waals surface area (Å²) < 4.78 is 14.0. The fourth-order valence-electron chi connectivity index (χ4n) is 4.13. The molecule has 4 nitrogen and oxygen atoms in total. The van der Waals surface area contributed by atoms with Crippen LogP contribution in [-0.4, -0.2) is 41.2 Å². The summed E-state index contributed by atoms with van der Waals surface area (Å²) >= 11 is 6.02. The van der Waals surface area contributed by atoms with Crippen LogP contribution in [-0.2, 0) is 17.8 Å². The monoisotopic (exact) mass is 400 g/mol. The highest BCUT2D eigenvalue weighted by Gasteiger charge is 2.32. The molecule has 2 amide bonds. The van der Waals surface area contributed by atoms with Crippen LogP contribution < -0.4 is 0 Å². The number of benzene rings is 2. The molecule has 0 spiro atoms. The molecule has 146 valence electrons. The lowest BCUT2D eigenvalue weighted by Gasteiger charge is -2.36. The average molecular weight is 401 g/mol. The molecule has 0 radical (unpaired) electrons. The topological polar surface area (TPSA) is 40.6 Å². The minimum atomic E-state index is -0.609. The minimum absolute atomic E-state index is 0.0819. The Kier molecular flexibility index (Phi) is 5.36. The van der Waals surface area contributed by atoms with E-state index in [-0.39, 0.29) is 22.4 Å². The minimum Gasteiger partial charge on any atom is -0.338 e. The summed E-state index contributed by atoms with van der Waals surface area (Å²) in [6.45, 7) is 2.26. The van der Waals surface area contributed by atoms with Crippen molar-refractivity contribution in [3.05, 3.63) is 70.0 Å². The van der Waals surface area contributed by atoms with Crippen LogP contribution in [0.4, 0.5) is 4.39 Å². The molecule has 1 fully saturated rings. The standard InChI is InChI=1S/C22H22ClFN2O2/c23-18-6-3-7-19(24)20(18)22(28)25-11-9-16(10-12-25)21(27)26-13-8-15-4-1-2-5-17(15)14-26/h1-7,16H,8-14H2. The molecular formula is C22H22ClFN2O2. The van der Waals surface area contributed by atoms with E-state index in [0.717, 1.165) is 13.0 Å². The molecule has 0 aromatic heterocycles. The molecule has 2 aliphatic rings. The van der Waals surface area contributed by atoms with Crippen LogP contribution in [0, 0.1) is 11.7 Å². The second-order valence-electron chi connectivity index (χ2n) is 7.44. The van der Waals surface area contributed by atoms with E-state index in [1.807, 2.05) is 17.0 Å². The molecule has 2 aromatic carbocycles. The van der Waals surface area contributed by atoms with E-state index in [0.29, 0.717) is 32.5 Å². The molecule has 2 aliphatic heterocycles. The lowest BCUT2D eigenvalue weighted by molar-refractivity contribution is -0.137. The summed E-state index contributed by atoms with van der Waals surface area (Å²) in [6, 6.07) is 12.5. The third kappa shape index (κ3) is 3.63. The van der Waals surface area contributed by atoms with E-state index in [1.165, 1.54) is 29.3 Å². The molecule has 0 bridgehead atoms. The first-order valence-corrected chi connectivity index (χ1v) is 10.0. The Morgan fingerprint density at radius 3 is 2.36 bits per heavy atom. The molecule has 0 saturated carbocycles. The number of likely N-dealkylation sites (tertiary alicyclic amines) is 1. The van der Waals surface area contributed by atoms with Gasteiger partial charge in [0, 0.05) is 32.1 Å². The normalized spacial score (nSPS) is 17.4. The third-order valence-electron chi connectivity index (χ3n) is 5.75. The zero-order chi connectivity index (χ0) is 19.7. The van der Waals surface area contributed by atoms with E-state index >= 15 is 0 Å². The van der Waals surface area contributed by atoms with Crippen LogP contribution in [0.5, 0.6) is 0 Å². The van der Waals surface area contributed by atoms with Gasteiger partial charge in [-0.25, -0.2) is 4.39 Å². The Morgan fingerprint density at radius 2 is 1.64 bits per heavy atom. The van der Waals surface area contributed by atoms with Crippen molar-refractivity contribution in [3.63, 3.8) is 0 Å². The fourth-order valence-corrected chi connectivity index (χ4v) is 4.38. The van der Waals surface area contributed by atoms with Gasteiger partial charge in [-0.2, -0.15) is 0 Å². The Hall–Kier alpha value is -2.40. The smallest absolute Gasteiger partial charge is 0.258 e. The van der Waals surface area contributed by atoms with Crippen molar-refractivity contribution < 1.29 is 14.0 Å². The van der Waals surface area contributed by atoms with Gasteiger partial charge in [0.05, 0.1) is 10.6 Å². The van der Waals surface area contributed by atoms with E-state index < -0.39 is 11.7 Å². The summed E-state index contributed by atoms with van der Waals surface area (Å²) in [5.41, 5.74) is 2.44. The number of piperidine rings is 1. The number of carbonyl (C=O) groups is 2. The first kappa shape index (κ1) is 18.9. The van der Waals surface area contributed by atoms with Gasteiger partial charge in [0.25, 0.3) is 5.91 Å². The van der Waals surface area contributed by atoms with Gasteiger partial charge in [-0.15, -0.1) is 0 Å². The van der Waals surface area contributed by atoms with Gasteiger partial charge < -0.3 is 9.80 Å². The van der Waals surface area contributed by atoms with Crippen molar-refractivity contribution in [1.82, 2.24) is 9.80 Å². The first-order chi connectivity index (χ1) is 13.5. The summed E-state index contributed by atoms with van der Waals surface area (Å²) in [6.07, 6.45) is 2.06. The molecular weight excluding hydrogens is 379 g/mol. The largest absolute Gasteiger partial charge is 0.338 e. The Morgan fingerprint density at radius 1 is 0.929 bits per heavy atom. The Bertz CT molecular complexity index is 889. The molecule has 2 heterocycles. The van der Waals surface area contributed by atoms with Crippen molar-refractivity contribution in [2.24, 2.45) is 5.92 Å². The predicted octanol–water partition coefficient (Wildman–Crippen LogP) is 3.92. The molecule has 2 aromatic rings. The van der Waals surface area contributed by atoms with Crippen LogP contribution in [0.25, 0.3) is 0 Å². The molecule has 6 heteroatoms. The number of rotatable bonds is 2. The zero-order valence-electron chi connectivity index (χ0n) is 15.5. The van der Waals surface area contributed by atoms with Crippen molar-refractivity contribution in [2.75, 3.05) is 19.6 Å². The second kappa shape index (κ2) is 7.92. The maximum absolute atomic E-state index is 14.0. The van der Waals surface area contributed by atoms with Crippen LogP contribution in [0.2, 0.25) is 5.02 Å². The molecule has 0 unspecified atom stereocenters. The second-order valence-corrected chi connectivity index (χ2v) is 7.85. The maximum Gasteiger partial charge on any atom is 0.258 e. The molecule has 0 aliphatic carbocycles. The molecule has 0 N–H and O–H groups in total. The van der Waals surface area contributed by atoms with E-state index in [9.17, 15) is 14.0 Å². The first-order valence-electron chi connectivity index (χ1n) is 9.63. The summed E-state index contributed by atoms with van der Waals surface area (Å²) in [4.78, 5) is 29.1. The third-order valence-corrected chi connectivity index (χ3v) is 6.07. The number of hydrogen-bond donors (Lipinski definition) is 0. The van der Waals surface area contributed by atoms with E-state index in [4.69, 9.17) is 11.6 Å². The fraction of sp³-hybridized carbons (Fsp3) is 0.364. The molecule has 0 atom stereocenters. The maximum atomic E-state index is 14.0. The van der Waals surface area contributed by atoms with Gasteiger partial charge in [-0.05, 0) is 42.5 Å². The van der Waals surface area contributed by atoms with Crippen LogP contribution in [0.1, 0.15) is 34.3 Å². The lowest BCUT2D eigenvalue weighted by Crippen LogP contribution is -2.45. The van der Waals surface area contributed by atoms with Gasteiger partial charge in [0.1, 0.15) is 5.82 Å². The van der Waals surface area contributed by atoms with Crippen molar-refractivity contribution in [3.8, 4) is 0 Å². The van der Waals surface area contributed by atoms with Crippen LogP contribution >= 0.6 is 11.6 Å². The van der Waals surface area contributed by atoms with E-state index in [1.54, 1.807) is 4.90 Å². The molecule has 1 saturated heterocycles. The number of hydrogen-bond acceptors (Lipinski definition) is 2. The van der Waals surface area contributed by atoms with Crippen LogP contribution in [0.15, 0.2) is 42.5 Å². The number of carbonyl (C=O) groups excluding carboxylic acids is 2. The number of nitrogens with zero attached hydrogens (tertiary/aromatic N) is 2. The highest BCUT2D eigenvalue weighted by atomic mass is 35.5. The van der Waals surface area contributed by atoms with Gasteiger partial charge in [-0.3, -0.25) is 9.59 Å². The van der Waals surface area contributed by atoms with Crippen molar-refractivity contribution >= 4 is 23.4 Å². The summed E-state index contributed by atoms with van der Waals surface area (Å²) in [5, 5.41) is 0.121. The van der Waals surface area contributed by atoms with Crippen LogP contribution in [0.3, 0.4) is 0 Å². The molecule has 28 heavy (non-hydrogen) atoms. The van der Waals surface area contributed by atoms with Gasteiger partial charge in [-0.1, -0.05) is 41.9 Å². The van der Waals surface area contributed by atoms with Crippen molar-refractivity contribution in [2.45, 2.75) is 25.8 Å². The zero-order valence-corrected chi connectivity index (χ0v) is 16.3. The van der Waals surface area contributed by atoms with E-state index in [2.05, 4.69) is 12.1 Å². The van der Waals surface area contributed by atoms with Crippen molar-refractivity contribution in [1.29, 1.82) is 0 Å². The van der Waals surface area contributed by atoms with Gasteiger partial charge >= 0.3 is 0 Å². The highest BCUT2D eigenvalue weighted by molar-refractivity contribution is 6.33. The summed E-state index contributed by atoms with van der Waals surface area (Å²) in [7, 11) is 0. The van der Waals surface area contributed by atoms with Gasteiger partial charge in [0.2, 0.25) is 5.91 Å². The Balaban J connectivity index is 1.38. The number of amides is 2.